The summed E-state index contributed by atoms with van der Waals surface area (Å²) in [5, 5.41) is 15.5. The van der Waals surface area contributed by atoms with E-state index in [4.69, 9.17) is 0 Å². The van der Waals surface area contributed by atoms with Gasteiger partial charge in [-0.15, -0.1) is 10.2 Å². The fraction of sp³-hybridized carbons (Fsp3) is 0.235. The number of urea groups is 1. The van der Waals surface area contributed by atoms with Crippen molar-refractivity contribution < 1.29 is 4.79 Å². The molecular weight excluding hydrogens is 382 g/mol. The Morgan fingerprint density at radius 2 is 2.07 bits per heavy atom. The molecule has 4 aromatic rings. The number of rotatable bonds is 4. The molecule has 0 atom stereocenters. The third-order valence-electron chi connectivity index (χ3n) is 3.90. The summed E-state index contributed by atoms with van der Waals surface area (Å²) in [4.78, 5) is 21.1. The van der Waals surface area contributed by atoms with Crippen LogP contribution in [0, 0.1) is 6.92 Å². The third-order valence-corrected chi connectivity index (χ3v) is 5.93. The van der Waals surface area contributed by atoms with Crippen molar-refractivity contribution in [2.24, 2.45) is 0 Å². The standard InChI is InChI=1S/C17H17N7OS2/c1-9(2)24-8-19-23-14(24)15-18-7-12(26-15)21-16(25)22-17-20-11-6-4-5-10(3)13(11)27-17/h4-9H,1-3H3,(H2,20,21,22,25). The first-order valence-electron chi connectivity index (χ1n) is 8.31. The molecule has 138 valence electrons. The normalized spacial score (nSPS) is 11.3. The van der Waals surface area contributed by atoms with Crippen LogP contribution in [0.5, 0.6) is 0 Å². The summed E-state index contributed by atoms with van der Waals surface area (Å²) in [5.74, 6) is 0.685. The maximum atomic E-state index is 12.3. The van der Waals surface area contributed by atoms with Gasteiger partial charge in [-0.25, -0.2) is 14.8 Å². The molecule has 0 spiro atoms. The number of nitrogens with zero attached hydrogens (tertiary/aromatic N) is 5. The molecule has 0 aliphatic rings. The lowest BCUT2D eigenvalue weighted by atomic mass is 10.2. The minimum Gasteiger partial charge on any atom is -0.309 e. The molecule has 4 rings (SSSR count). The molecule has 0 radical (unpaired) electrons. The van der Waals surface area contributed by atoms with Crippen molar-refractivity contribution >= 4 is 49.1 Å². The highest BCUT2D eigenvalue weighted by Gasteiger charge is 2.15. The van der Waals surface area contributed by atoms with Crippen LogP contribution < -0.4 is 10.6 Å². The minimum atomic E-state index is -0.354. The Bertz CT molecular complexity index is 1110. The van der Waals surface area contributed by atoms with Crippen molar-refractivity contribution in [3.05, 3.63) is 36.3 Å². The van der Waals surface area contributed by atoms with Crippen LogP contribution in [0.2, 0.25) is 0 Å². The predicted molar refractivity (Wildman–Crippen MR) is 109 cm³/mol. The molecule has 27 heavy (non-hydrogen) atoms. The van der Waals surface area contributed by atoms with Gasteiger partial charge in [0.15, 0.2) is 16.0 Å². The van der Waals surface area contributed by atoms with E-state index >= 15 is 0 Å². The van der Waals surface area contributed by atoms with Gasteiger partial charge in [0.25, 0.3) is 0 Å². The zero-order chi connectivity index (χ0) is 19.0. The number of carbonyl (C=O) groups is 1. The number of carbonyl (C=O) groups excluding carboxylic acids is 1. The number of aromatic nitrogens is 5. The smallest absolute Gasteiger partial charge is 0.309 e. The molecule has 3 aromatic heterocycles. The van der Waals surface area contributed by atoms with E-state index in [0.29, 0.717) is 21.0 Å². The monoisotopic (exact) mass is 399 g/mol. The second-order valence-electron chi connectivity index (χ2n) is 6.21. The van der Waals surface area contributed by atoms with Gasteiger partial charge in [0.1, 0.15) is 11.3 Å². The van der Waals surface area contributed by atoms with Crippen LogP contribution in [-0.2, 0) is 0 Å². The topological polar surface area (TPSA) is 97.6 Å². The van der Waals surface area contributed by atoms with Gasteiger partial charge in [-0.2, -0.15) is 0 Å². The van der Waals surface area contributed by atoms with E-state index in [9.17, 15) is 4.79 Å². The lowest BCUT2D eigenvalue weighted by Gasteiger charge is -2.07. The second kappa shape index (κ2) is 7.05. The molecule has 1 aromatic carbocycles. The summed E-state index contributed by atoms with van der Waals surface area (Å²) in [5.41, 5.74) is 2.02. The maximum Gasteiger partial charge on any atom is 0.326 e. The molecule has 2 amide bonds. The van der Waals surface area contributed by atoms with Crippen LogP contribution in [0.25, 0.3) is 21.0 Å². The fourth-order valence-corrected chi connectivity index (χ4v) is 4.32. The van der Waals surface area contributed by atoms with Crippen LogP contribution in [0.15, 0.2) is 30.7 Å². The van der Waals surface area contributed by atoms with Crippen molar-refractivity contribution in [1.82, 2.24) is 24.7 Å². The molecule has 0 bridgehead atoms. The summed E-state index contributed by atoms with van der Waals surface area (Å²) >= 11 is 2.80. The summed E-state index contributed by atoms with van der Waals surface area (Å²) in [6.45, 7) is 6.12. The highest BCUT2D eigenvalue weighted by molar-refractivity contribution is 7.22. The fourth-order valence-electron chi connectivity index (χ4n) is 2.59. The van der Waals surface area contributed by atoms with Gasteiger partial charge in [0.05, 0.1) is 16.4 Å². The number of amides is 2. The van der Waals surface area contributed by atoms with Gasteiger partial charge in [-0.05, 0) is 32.4 Å². The average Bonchev–Trinajstić information content (AvgIpc) is 3.32. The van der Waals surface area contributed by atoms with E-state index in [2.05, 4.69) is 30.8 Å². The lowest BCUT2D eigenvalue weighted by Crippen LogP contribution is -2.18. The van der Waals surface area contributed by atoms with Gasteiger partial charge >= 0.3 is 6.03 Å². The predicted octanol–water partition coefficient (Wildman–Crippen LogP) is 4.54. The summed E-state index contributed by atoms with van der Waals surface area (Å²) < 4.78 is 3.01. The first-order valence-corrected chi connectivity index (χ1v) is 9.94. The van der Waals surface area contributed by atoms with Gasteiger partial charge in [0.2, 0.25) is 0 Å². The average molecular weight is 400 g/mol. The zero-order valence-electron chi connectivity index (χ0n) is 14.9. The van der Waals surface area contributed by atoms with Crippen molar-refractivity contribution in [3.8, 4) is 10.8 Å². The molecule has 0 fully saturated rings. The van der Waals surface area contributed by atoms with Gasteiger partial charge < -0.3 is 4.57 Å². The summed E-state index contributed by atoms with van der Waals surface area (Å²) in [6.07, 6.45) is 3.29. The van der Waals surface area contributed by atoms with Gasteiger partial charge in [-0.3, -0.25) is 10.6 Å². The first kappa shape index (κ1) is 17.6. The largest absolute Gasteiger partial charge is 0.326 e. The van der Waals surface area contributed by atoms with E-state index in [1.54, 1.807) is 12.5 Å². The van der Waals surface area contributed by atoms with Crippen LogP contribution in [0.1, 0.15) is 25.5 Å². The van der Waals surface area contributed by atoms with Crippen LogP contribution in [0.3, 0.4) is 0 Å². The SMILES string of the molecule is Cc1cccc2nc(NC(=O)Nc3cnc(-c4nncn4C(C)C)s3)sc12. The van der Waals surface area contributed by atoms with E-state index in [1.165, 1.54) is 22.7 Å². The molecular formula is C17H17N7OS2. The first-order chi connectivity index (χ1) is 13.0. The molecule has 8 nitrogen and oxygen atoms in total. The van der Waals surface area contributed by atoms with Gasteiger partial charge in [-0.1, -0.05) is 34.8 Å². The Balaban J connectivity index is 1.47. The van der Waals surface area contributed by atoms with Crippen molar-refractivity contribution in [1.29, 1.82) is 0 Å². The molecule has 0 aliphatic carbocycles. The molecule has 3 heterocycles. The van der Waals surface area contributed by atoms with E-state index < -0.39 is 0 Å². The Labute approximate surface area is 163 Å². The van der Waals surface area contributed by atoms with Crippen LogP contribution in [0.4, 0.5) is 14.9 Å². The van der Waals surface area contributed by atoms with Gasteiger partial charge in [0, 0.05) is 6.04 Å². The highest BCUT2D eigenvalue weighted by Crippen LogP contribution is 2.30. The highest BCUT2D eigenvalue weighted by atomic mass is 32.1. The number of aryl methyl sites for hydroxylation is 1. The lowest BCUT2D eigenvalue weighted by molar-refractivity contribution is 0.262. The molecule has 0 saturated carbocycles. The number of nitrogens with one attached hydrogen (secondary N) is 2. The molecule has 0 unspecified atom stereocenters. The zero-order valence-corrected chi connectivity index (χ0v) is 16.6. The van der Waals surface area contributed by atoms with E-state index in [-0.39, 0.29) is 12.1 Å². The number of hydrogen-bond donors (Lipinski definition) is 2. The van der Waals surface area contributed by atoms with Crippen LogP contribution >= 0.6 is 22.7 Å². The Kier molecular flexibility index (Phi) is 4.58. The van der Waals surface area contributed by atoms with E-state index in [0.717, 1.165) is 15.8 Å². The molecule has 2 N–H and O–H groups in total. The number of fused-ring (bicyclic) bond motifs is 1. The molecule has 0 aliphatic heterocycles. The Morgan fingerprint density at radius 1 is 1.22 bits per heavy atom. The number of hydrogen-bond acceptors (Lipinski definition) is 7. The summed E-state index contributed by atoms with van der Waals surface area (Å²) in [7, 11) is 0. The number of anilines is 2. The molecule has 0 saturated heterocycles. The maximum absolute atomic E-state index is 12.3. The summed E-state index contributed by atoms with van der Waals surface area (Å²) in [6, 6.07) is 5.78. The Hall–Kier alpha value is -2.85. The number of thiazole rings is 2. The van der Waals surface area contributed by atoms with E-state index in [1.807, 2.05) is 43.5 Å². The second-order valence-corrected chi connectivity index (χ2v) is 8.24. The number of benzene rings is 1. The minimum absolute atomic E-state index is 0.223. The third kappa shape index (κ3) is 3.53. The quantitative estimate of drug-likeness (QED) is 0.525. The van der Waals surface area contributed by atoms with Crippen molar-refractivity contribution in [3.63, 3.8) is 0 Å². The van der Waals surface area contributed by atoms with Crippen molar-refractivity contribution in [2.45, 2.75) is 26.8 Å². The van der Waals surface area contributed by atoms with Crippen molar-refractivity contribution in [2.75, 3.05) is 10.6 Å². The molecule has 10 heteroatoms. The Morgan fingerprint density at radius 3 is 2.85 bits per heavy atom. The van der Waals surface area contributed by atoms with Crippen LogP contribution in [-0.4, -0.2) is 30.8 Å².